The predicted octanol–water partition coefficient (Wildman–Crippen LogP) is 1.30. The molecular formula is C13H19NO4. The largest absolute Gasteiger partial charge is 0.466 e. The van der Waals surface area contributed by atoms with Crippen LogP contribution in [0, 0.1) is 0 Å². The number of ether oxygens (including phenoxy) is 2. The van der Waals surface area contributed by atoms with Crippen molar-refractivity contribution in [1.82, 2.24) is 5.32 Å². The maximum Gasteiger partial charge on any atom is 0.340 e. The second kappa shape index (κ2) is 5.71. The van der Waals surface area contributed by atoms with Crippen molar-refractivity contribution in [1.29, 1.82) is 0 Å². The van der Waals surface area contributed by atoms with Crippen LogP contribution in [0.5, 0.6) is 0 Å². The van der Waals surface area contributed by atoms with E-state index < -0.39 is 11.9 Å². The third-order valence-corrected chi connectivity index (χ3v) is 2.59. The van der Waals surface area contributed by atoms with Gasteiger partial charge in [0.1, 0.15) is 0 Å². The lowest BCUT2D eigenvalue weighted by molar-refractivity contribution is -0.142. The van der Waals surface area contributed by atoms with E-state index in [0.29, 0.717) is 16.8 Å². The lowest BCUT2D eigenvalue weighted by Crippen LogP contribution is -2.35. The van der Waals surface area contributed by atoms with E-state index in [-0.39, 0.29) is 12.1 Å². The zero-order valence-electron chi connectivity index (χ0n) is 11.4. The first-order valence-corrected chi connectivity index (χ1v) is 5.85. The van der Waals surface area contributed by atoms with Crippen LogP contribution in [-0.2, 0) is 19.1 Å². The fraction of sp³-hybridized carbons (Fsp3) is 0.538. The molecule has 0 aromatic rings. The summed E-state index contributed by atoms with van der Waals surface area (Å²) in [6.45, 7) is 7.16. The van der Waals surface area contributed by atoms with Crippen LogP contribution in [0.15, 0.2) is 22.9 Å². The first-order chi connectivity index (χ1) is 8.36. The highest BCUT2D eigenvalue weighted by molar-refractivity contribution is 5.98. The Morgan fingerprint density at radius 1 is 1.33 bits per heavy atom. The minimum Gasteiger partial charge on any atom is -0.466 e. The molecule has 1 atom stereocenters. The van der Waals surface area contributed by atoms with Crippen LogP contribution in [0.2, 0.25) is 0 Å². The molecule has 100 valence electrons. The van der Waals surface area contributed by atoms with Crippen LogP contribution in [0.25, 0.3) is 0 Å². The minimum atomic E-state index is -0.447. The summed E-state index contributed by atoms with van der Waals surface area (Å²) in [5, 5.41) is 3.06. The molecule has 5 nitrogen and oxygen atoms in total. The number of carbonyl (C=O) groups is 2. The normalized spacial score (nSPS) is 19.2. The number of allylic oxidation sites excluding steroid dienone is 1. The molecule has 0 bridgehead atoms. The summed E-state index contributed by atoms with van der Waals surface area (Å²) in [6, 6.07) is -0.187. The van der Waals surface area contributed by atoms with Crippen molar-refractivity contribution in [2.45, 2.75) is 39.8 Å². The van der Waals surface area contributed by atoms with Crippen LogP contribution in [0.4, 0.5) is 0 Å². The molecule has 1 aliphatic rings. The summed E-state index contributed by atoms with van der Waals surface area (Å²) < 4.78 is 9.81. The molecule has 0 spiro atoms. The first-order valence-electron chi connectivity index (χ1n) is 5.85. The summed E-state index contributed by atoms with van der Waals surface area (Å²) in [7, 11) is 1.31. The van der Waals surface area contributed by atoms with Gasteiger partial charge in [0.2, 0.25) is 0 Å². The van der Waals surface area contributed by atoms with Crippen LogP contribution >= 0.6 is 0 Å². The van der Waals surface area contributed by atoms with Gasteiger partial charge in [-0.1, -0.05) is 0 Å². The summed E-state index contributed by atoms with van der Waals surface area (Å²) in [4.78, 5) is 23.4. The minimum absolute atomic E-state index is 0.187. The number of hydrogen-bond acceptors (Lipinski definition) is 5. The molecule has 0 radical (unpaired) electrons. The summed E-state index contributed by atoms with van der Waals surface area (Å²) >= 11 is 0. The Kier molecular flexibility index (Phi) is 4.53. The average Bonchev–Trinajstić information content (AvgIpc) is 2.27. The maximum absolute atomic E-state index is 11.9. The van der Waals surface area contributed by atoms with E-state index >= 15 is 0 Å². The molecule has 1 heterocycles. The van der Waals surface area contributed by atoms with Gasteiger partial charge in [-0.2, -0.15) is 0 Å². The third kappa shape index (κ3) is 3.12. The van der Waals surface area contributed by atoms with Gasteiger partial charge in [0.15, 0.2) is 0 Å². The molecule has 1 N–H and O–H groups in total. The molecule has 1 rings (SSSR count). The van der Waals surface area contributed by atoms with Crippen LogP contribution in [0.3, 0.4) is 0 Å². The zero-order chi connectivity index (χ0) is 13.9. The monoisotopic (exact) mass is 253 g/mol. The maximum atomic E-state index is 11.9. The van der Waals surface area contributed by atoms with Gasteiger partial charge in [-0.05, 0) is 33.8 Å². The van der Waals surface area contributed by atoms with Crippen molar-refractivity contribution in [3.8, 4) is 0 Å². The molecule has 0 saturated carbocycles. The van der Waals surface area contributed by atoms with Gasteiger partial charge in [0, 0.05) is 5.70 Å². The Bertz CT molecular complexity index is 421. The zero-order valence-corrected chi connectivity index (χ0v) is 11.4. The van der Waals surface area contributed by atoms with Crippen molar-refractivity contribution < 1.29 is 19.1 Å². The van der Waals surface area contributed by atoms with Crippen LogP contribution in [-0.4, -0.2) is 31.2 Å². The molecule has 0 aromatic heterocycles. The Morgan fingerprint density at radius 3 is 2.44 bits per heavy atom. The predicted molar refractivity (Wildman–Crippen MR) is 66.6 cm³/mol. The highest BCUT2D eigenvalue weighted by Crippen LogP contribution is 2.20. The molecule has 5 heteroatoms. The van der Waals surface area contributed by atoms with Gasteiger partial charge in [-0.3, -0.25) is 0 Å². The number of carbonyl (C=O) groups excluding carboxylic acids is 2. The highest BCUT2D eigenvalue weighted by atomic mass is 16.5. The molecule has 1 unspecified atom stereocenters. The molecule has 0 aromatic carbocycles. The van der Waals surface area contributed by atoms with Gasteiger partial charge < -0.3 is 14.8 Å². The van der Waals surface area contributed by atoms with E-state index in [1.165, 1.54) is 13.2 Å². The van der Waals surface area contributed by atoms with Crippen molar-refractivity contribution in [2.24, 2.45) is 0 Å². The van der Waals surface area contributed by atoms with E-state index in [1.807, 2.05) is 6.92 Å². The Morgan fingerprint density at radius 2 is 1.94 bits per heavy atom. The first kappa shape index (κ1) is 14.3. The van der Waals surface area contributed by atoms with E-state index in [0.717, 1.165) is 0 Å². The smallest absolute Gasteiger partial charge is 0.340 e. The average molecular weight is 253 g/mol. The van der Waals surface area contributed by atoms with E-state index in [4.69, 9.17) is 4.74 Å². The molecule has 1 aliphatic heterocycles. The molecule has 0 aliphatic carbocycles. The number of rotatable bonds is 3. The summed E-state index contributed by atoms with van der Waals surface area (Å²) in [5.74, 6) is -0.888. The molecular weight excluding hydrogens is 234 g/mol. The number of dihydropyridines is 1. The lowest BCUT2D eigenvalue weighted by Gasteiger charge is -2.24. The molecule has 18 heavy (non-hydrogen) atoms. The van der Waals surface area contributed by atoms with Crippen LogP contribution < -0.4 is 5.32 Å². The number of hydrogen-bond donors (Lipinski definition) is 1. The summed E-state index contributed by atoms with van der Waals surface area (Å²) in [6.07, 6.45) is 1.33. The van der Waals surface area contributed by atoms with Crippen molar-refractivity contribution in [3.05, 3.63) is 22.9 Å². The Labute approximate surface area is 107 Å². The molecule has 0 amide bonds. The van der Waals surface area contributed by atoms with Crippen molar-refractivity contribution >= 4 is 11.9 Å². The topological polar surface area (TPSA) is 64.6 Å². The highest BCUT2D eigenvalue weighted by Gasteiger charge is 2.26. The second-order valence-corrected chi connectivity index (χ2v) is 4.45. The van der Waals surface area contributed by atoms with Gasteiger partial charge in [0.25, 0.3) is 0 Å². The summed E-state index contributed by atoms with van der Waals surface area (Å²) in [5.41, 5.74) is 1.47. The van der Waals surface area contributed by atoms with Crippen molar-refractivity contribution in [2.75, 3.05) is 7.11 Å². The van der Waals surface area contributed by atoms with Gasteiger partial charge in [0.05, 0.1) is 30.4 Å². The van der Waals surface area contributed by atoms with Gasteiger partial charge in [-0.25, -0.2) is 9.59 Å². The fourth-order valence-corrected chi connectivity index (χ4v) is 1.71. The van der Waals surface area contributed by atoms with E-state index in [9.17, 15) is 9.59 Å². The number of esters is 2. The van der Waals surface area contributed by atoms with E-state index in [1.54, 1.807) is 20.8 Å². The van der Waals surface area contributed by atoms with Gasteiger partial charge >= 0.3 is 11.9 Å². The molecule has 0 saturated heterocycles. The Balaban J connectivity index is 3.03. The van der Waals surface area contributed by atoms with Gasteiger partial charge in [-0.15, -0.1) is 0 Å². The van der Waals surface area contributed by atoms with Crippen molar-refractivity contribution in [3.63, 3.8) is 0 Å². The number of nitrogens with one attached hydrogen (secondary N) is 1. The lowest BCUT2D eigenvalue weighted by atomic mass is 9.99. The van der Waals surface area contributed by atoms with E-state index in [2.05, 4.69) is 10.1 Å². The SMILES string of the molecule is COC(=O)C1=CC(C(=O)OC(C)C)=C(C)NC1C. The molecule has 0 fully saturated rings. The van der Waals surface area contributed by atoms with Crippen LogP contribution in [0.1, 0.15) is 27.7 Å². The fourth-order valence-electron chi connectivity index (χ4n) is 1.71. The standard InChI is InChI=1S/C13H19NO4/c1-7(2)18-13(16)11-6-10(12(15)17-5)8(3)14-9(11)4/h6-8,14H,1-5H3. The number of methoxy groups -OCH3 is 1. The second-order valence-electron chi connectivity index (χ2n) is 4.45. The quantitative estimate of drug-likeness (QED) is 0.768. The third-order valence-electron chi connectivity index (χ3n) is 2.59. The Hall–Kier alpha value is -1.78.